The smallest absolute Gasteiger partial charge is 0.115 e. The van der Waals surface area contributed by atoms with Crippen molar-refractivity contribution >= 4 is 22.2 Å². The van der Waals surface area contributed by atoms with Gasteiger partial charge in [-0.15, -0.1) is 0 Å². The average molecular weight is 323 g/mol. The second-order valence-corrected chi connectivity index (χ2v) is 5.53. The maximum atomic E-state index is 9.52. The normalized spacial score (nSPS) is 10.3. The molecule has 0 aliphatic carbocycles. The van der Waals surface area contributed by atoms with Gasteiger partial charge in [-0.25, -0.2) is 0 Å². The molecule has 0 heterocycles. The van der Waals surface area contributed by atoms with E-state index in [0.717, 1.165) is 22.3 Å². The highest BCUT2D eigenvalue weighted by molar-refractivity contribution is 6.53. The Morgan fingerprint density at radius 1 is 0.565 bits per heavy atom. The topological polar surface area (TPSA) is 40.5 Å². The van der Waals surface area contributed by atoms with Gasteiger partial charge in [-0.2, -0.15) is 0 Å². The first kappa shape index (κ1) is 15.2. The first-order valence-electron chi connectivity index (χ1n) is 7.19. The molecule has 0 atom stereocenters. The minimum absolute atomic E-state index is 0.203. The van der Waals surface area contributed by atoms with E-state index in [0.29, 0.717) is 5.03 Å². The van der Waals surface area contributed by atoms with Crippen LogP contribution in [0.5, 0.6) is 11.5 Å². The summed E-state index contributed by atoms with van der Waals surface area (Å²) in [7, 11) is 0. The lowest BCUT2D eigenvalue weighted by Crippen LogP contribution is -1.91. The lowest BCUT2D eigenvalue weighted by Gasteiger charge is -2.13. The Hall–Kier alpha value is -2.71. The fourth-order valence-electron chi connectivity index (χ4n) is 2.41. The van der Waals surface area contributed by atoms with Crippen LogP contribution in [0.25, 0.3) is 10.6 Å². The van der Waals surface area contributed by atoms with Gasteiger partial charge in [0.25, 0.3) is 0 Å². The Morgan fingerprint density at radius 2 is 1.00 bits per heavy atom. The zero-order valence-corrected chi connectivity index (χ0v) is 13.0. The third-order valence-corrected chi connectivity index (χ3v) is 3.97. The number of hydrogen-bond acceptors (Lipinski definition) is 2. The molecule has 0 bridgehead atoms. The van der Waals surface area contributed by atoms with Gasteiger partial charge < -0.3 is 10.2 Å². The van der Waals surface area contributed by atoms with Crippen molar-refractivity contribution in [3.8, 4) is 11.5 Å². The molecule has 3 aromatic rings. The monoisotopic (exact) mass is 322 g/mol. The summed E-state index contributed by atoms with van der Waals surface area (Å²) in [5.41, 5.74) is 3.54. The molecule has 0 spiro atoms. The third-order valence-electron chi connectivity index (χ3n) is 3.56. The van der Waals surface area contributed by atoms with Gasteiger partial charge in [0.1, 0.15) is 11.5 Å². The van der Waals surface area contributed by atoms with Gasteiger partial charge in [0.2, 0.25) is 0 Å². The van der Waals surface area contributed by atoms with E-state index in [9.17, 15) is 10.2 Å². The van der Waals surface area contributed by atoms with Gasteiger partial charge in [0, 0.05) is 5.57 Å². The van der Waals surface area contributed by atoms with Gasteiger partial charge in [-0.05, 0) is 41.0 Å². The molecule has 3 heteroatoms. The maximum absolute atomic E-state index is 9.52. The third kappa shape index (κ3) is 3.38. The molecule has 0 fully saturated rings. The summed E-state index contributed by atoms with van der Waals surface area (Å²) in [5, 5.41) is 19.7. The Balaban J connectivity index is 2.21. The molecule has 0 saturated carbocycles. The summed E-state index contributed by atoms with van der Waals surface area (Å²) in [4.78, 5) is 0. The molecular formula is C20H15ClO2. The quantitative estimate of drug-likeness (QED) is 0.646. The van der Waals surface area contributed by atoms with Crippen LogP contribution >= 0.6 is 11.6 Å². The predicted octanol–water partition coefficient (Wildman–Crippen LogP) is 5.25. The van der Waals surface area contributed by atoms with E-state index in [2.05, 4.69) is 0 Å². The highest BCUT2D eigenvalue weighted by Gasteiger charge is 2.12. The zero-order valence-electron chi connectivity index (χ0n) is 12.3. The van der Waals surface area contributed by atoms with Crippen LogP contribution in [0, 0.1) is 0 Å². The van der Waals surface area contributed by atoms with Crippen LogP contribution in [-0.2, 0) is 0 Å². The second-order valence-electron chi connectivity index (χ2n) is 5.15. The molecule has 2 N–H and O–H groups in total. The molecule has 114 valence electrons. The molecule has 0 aromatic heterocycles. The van der Waals surface area contributed by atoms with Crippen LogP contribution in [0.1, 0.15) is 16.7 Å². The van der Waals surface area contributed by atoms with Crippen LogP contribution < -0.4 is 0 Å². The molecule has 2 nitrogen and oxygen atoms in total. The van der Waals surface area contributed by atoms with Crippen LogP contribution in [0.15, 0.2) is 78.9 Å². The van der Waals surface area contributed by atoms with E-state index in [-0.39, 0.29) is 11.5 Å². The van der Waals surface area contributed by atoms with Crippen LogP contribution in [0.3, 0.4) is 0 Å². The molecule has 3 aromatic carbocycles. The summed E-state index contributed by atoms with van der Waals surface area (Å²) in [6, 6.07) is 23.5. The van der Waals surface area contributed by atoms with Gasteiger partial charge in [0.15, 0.2) is 0 Å². The molecule has 3 rings (SSSR count). The Bertz CT molecular complexity index is 772. The number of phenolic OH excluding ortho intramolecular Hbond substituents is 2. The summed E-state index contributed by atoms with van der Waals surface area (Å²) < 4.78 is 0. The largest absolute Gasteiger partial charge is 0.508 e. The Morgan fingerprint density at radius 3 is 1.43 bits per heavy atom. The fourth-order valence-corrected chi connectivity index (χ4v) is 2.75. The van der Waals surface area contributed by atoms with E-state index in [1.54, 1.807) is 24.3 Å². The summed E-state index contributed by atoms with van der Waals surface area (Å²) in [5.74, 6) is 0.407. The lowest BCUT2D eigenvalue weighted by molar-refractivity contribution is 0.475. The van der Waals surface area contributed by atoms with Crippen molar-refractivity contribution in [1.82, 2.24) is 0 Å². The van der Waals surface area contributed by atoms with Crippen molar-refractivity contribution in [2.24, 2.45) is 0 Å². The maximum Gasteiger partial charge on any atom is 0.115 e. The Labute approximate surface area is 139 Å². The number of halogens is 1. The van der Waals surface area contributed by atoms with E-state index in [4.69, 9.17) is 11.6 Å². The second kappa shape index (κ2) is 6.59. The molecule has 0 aliphatic heterocycles. The van der Waals surface area contributed by atoms with Crippen LogP contribution in [-0.4, -0.2) is 10.2 Å². The van der Waals surface area contributed by atoms with Crippen molar-refractivity contribution in [1.29, 1.82) is 0 Å². The SMILES string of the molecule is Oc1ccc(C(=C(Cl)c2ccccc2)c2ccc(O)cc2)cc1. The minimum Gasteiger partial charge on any atom is -0.508 e. The number of benzene rings is 3. The zero-order chi connectivity index (χ0) is 16.2. The molecule has 0 aliphatic rings. The van der Waals surface area contributed by atoms with Crippen molar-refractivity contribution in [2.45, 2.75) is 0 Å². The van der Waals surface area contributed by atoms with Crippen molar-refractivity contribution in [2.75, 3.05) is 0 Å². The number of rotatable bonds is 3. The predicted molar refractivity (Wildman–Crippen MR) is 94.4 cm³/mol. The van der Waals surface area contributed by atoms with E-state index < -0.39 is 0 Å². The molecule has 0 saturated heterocycles. The molecule has 0 amide bonds. The van der Waals surface area contributed by atoms with E-state index in [1.807, 2.05) is 54.6 Å². The minimum atomic E-state index is 0.203. The average Bonchev–Trinajstić information content (AvgIpc) is 2.59. The van der Waals surface area contributed by atoms with Crippen LogP contribution in [0.2, 0.25) is 0 Å². The summed E-state index contributed by atoms with van der Waals surface area (Å²) >= 11 is 6.68. The van der Waals surface area contributed by atoms with E-state index in [1.165, 1.54) is 0 Å². The van der Waals surface area contributed by atoms with E-state index >= 15 is 0 Å². The van der Waals surface area contributed by atoms with Crippen molar-refractivity contribution in [3.05, 3.63) is 95.6 Å². The lowest BCUT2D eigenvalue weighted by atomic mass is 9.95. The van der Waals surface area contributed by atoms with Gasteiger partial charge in [0.05, 0.1) is 5.03 Å². The fraction of sp³-hybridized carbons (Fsp3) is 0. The van der Waals surface area contributed by atoms with Gasteiger partial charge in [-0.1, -0.05) is 66.2 Å². The van der Waals surface area contributed by atoms with Crippen LogP contribution in [0.4, 0.5) is 0 Å². The highest BCUT2D eigenvalue weighted by atomic mass is 35.5. The van der Waals surface area contributed by atoms with Gasteiger partial charge >= 0.3 is 0 Å². The molecule has 23 heavy (non-hydrogen) atoms. The summed E-state index contributed by atoms with van der Waals surface area (Å²) in [6.45, 7) is 0. The van der Waals surface area contributed by atoms with Crippen molar-refractivity contribution in [3.63, 3.8) is 0 Å². The summed E-state index contributed by atoms with van der Waals surface area (Å²) in [6.07, 6.45) is 0. The molecular weight excluding hydrogens is 308 g/mol. The number of aromatic hydroxyl groups is 2. The number of hydrogen-bond donors (Lipinski definition) is 2. The van der Waals surface area contributed by atoms with Gasteiger partial charge in [-0.3, -0.25) is 0 Å². The number of phenols is 2. The first-order chi connectivity index (χ1) is 11.1. The standard InChI is InChI=1S/C20H15ClO2/c21-20(16-4-2-1-3-5-16)19(14-6-10-17(22)11-7-14)15-8-12-18(23)13-9-15/h1-13,22-23H. The Kier molecular flexibility index (Phi) is 4.35. The molecule has 0 radical (unpaired) electrons. The molecule has 0 unspecified atom stereocenters. The first-order valence-corrected chi connectivity index (χ1v) is 7.57. The highest BCUT2D eigenvalue weighted by Crippen LogP contribution is 2.35. The van der Waals surface area contributed by atoms with Crippen molar-refractivity contribution < 1.29 is 10.2 Å².